The third kappa shape index (κ3) is 3.64. The average molecular weight is 328 g/mol. The van der Waals surface area contributed by atoms with Gasteiger partial charge in [-0.1, -0.05) is 35.3 Å². The number of halogens is 2. The van der Waals surface area contributed by atoms with Gasteiger partial charge in [-0.3, -0.25) is 10.1 Å². The van der Waals surface area contributed by atoms with Gasteiger partial charge in [-0.05, 0) is 24.6 Å². The lowest BCUT2D eigenvalue weighted by molar-refractivity contribution is -0.384. The molecule has 5 nitrogen and oxygen atoms in total. The Morgan fingerprint density at radius 1 is 1.19 bits per heavy atom. The lowest BCUT2D eigenvalue weighted by Gasteiger charge is -2.10. The van der Waals surface area contributed by atoms with Crippen LogP contribution in [0.15, 0.2) is 36.4 Å². The quantitative estimate of drug-likeness (QED) is 0.649. The molecule has 110 valence electrons. The van der Waals surface area contributed by atoms with Gasteiger partial charge in [0, 0.05) is 12.1 Å². The number of nitrogens with zero attached hydrogens (tertiary/aromatic N) is 1. The summed E-state index contributed by atoms with van der Waals surface area (Å²) in [4.78, 5) is 10.1. The van der Waals surface area contributed by atoms with E-state index in [4.69, 9.17) is 27.9 Å². The van der Waals surface area contributed by atoms with Crippen LogP contribution in [0.2, 0.25) is 10.0 Å². The summed E-state index contributed by atoms with van der Waals surface area (Å²) in [5.41, 5.74) is 0.532. The summed E-state index contributed by atoms with van der Waals surface area (Å²) in [6.45, 7) is 1.65. The SMILES string of the molecule is CC(O)c1ccc(Oc2c(Cl)cc([N+](=O)[O-])cc2Cl)cc1. The Morgan fingerprint density at radius 2 is 1.71 bits per heavy atom. The Hall–Kier alpha value is -1.82. The zero-order chi connectivity index (χ0) is 15.6. The largest absolute Gasteiger partial charge is 0.454 e. The van der Waals surface area contributed by atoms with Crippen molar-refractivity contribution in [3.05, 3.63) is 62.1 Å². The molecule has 1 atom stereocenters. The van der Waals surface area contributed by atoms with Gasteiger partial charge in [0.2, 0.25) is 0 Å². The Labute approximate surface area is 130 Å². The first-order valence-electron chi connectivity index (χ1n) is 5.98. The second-order valence-corrected chi connectivity index (χ2v) is 5.16. The number of benzene rings is 2. The molecule has 0 aliphatic carbocycles. The monoisotopic (exact) mass is 327 g/mol. The first kappa shape index (κ1) is 15.6. The van der Waals surface area contributed by atoms with E-state index in [0.29, 0.717) is 5.75 Å². The molecule has 7 heteroatoms. The van der Waals surface area contributed by atoms with Crippen molar-refractivity contribution in [1.29, 1.82) is 0 Å². The maximum absolute atomic E-state index is 10.7. The van der Waals surface area contributed by atoms with E-state index in [0.717, 1.165) is 5.56 Å². The van der Waals surface area contributed by atoms with E-state index in [2.05, 4.69) is 0 Å². The number of non-ortho nitro benzene ring substituents is 1. The predicted octanol–water partition coefficient (Wildman–Crippen LogP) is 4.75. The molecule has 0 bridgehead atoms. The van der Waals surface area contributed by atoms with Gasteiger partial charge in [-0.25, -0.2) is 0 Å². The van der Waals surface area contributed by atoms with Gasteiger partial charge in [0.15, 0.2) is 5.75 Å². The fourth-order valence-electron chi connectivity index (χ4n) is 1.68. The van der Waals surface area contributed by atoms with E-state index in [1.165, 1.54) is 12.1 Å². The molecule has 0 amide bonds. The van der Waals surface area contributed by atoms with Crippen LogP contribution >= 0.6 is 23.2 Å². The van der Waals surface area contributed by atoms with E-state index >= 15 is 0 Å². The molecule has 2 aromatic rings. The zero-order valence-corrected chi connectivity index (χ0v) is 12.4. The summed E-state index contributed by atoms with van der Waals surface area (Å²) in [6, 6.07) is 9.05. The molecule has 0 spiro atoms. The molecule has 0 aromatic heterocycles. The number of ether oxygens (including phenoxy) is 1. The van der Waals surface area contributed by atoms with E-state index < -0.39 is 11.0 Å². The van der Waals surface area contributed by atoms with Gasteiger partial charge in [0.1, 0.15) is 5.75 Å². The predicted molar refractivity (Wildman–Crippen MR) is 80.3 cm³/mol. The molecule has 1 unspecified atom stereocenters. The Balaban J connectivity index is 2.29. The molecule has 2 aromatic carbocycles. The number of aliphatic hydroxyl groups excluding tert-OH is 1. The van der Waals surface area contributed by atoms with Crippen molar-refractivity contribution < 1.29 is 14.8 Å². The van der Waals surface area contributed by atoms with Crippen LogP contribution in [-0.4, -0.2) is 10.0 Å². The van der Waals surface area contributed by atoms with Crippen LogP contribution in [0.1, 0.15) is 18.6 Å². The second-order valence-electron chi connectivity index (χ2n) is 4.34. The van der Waals surface area contributed by atoms with E-state index in [-0.39, 0.29) is 21.5 Å². The van der Waals surface area contributed by atoms with Crippen molar-refractivity contribution in [2.45, 2.75) is 13.0 Å². The van der Waals surface area contributed by atoms with Gasteiger partial charge in [0.05, 0.1) is 21.1 Å². The number of rotatable bonds is 4. The summed E-state index contributed by atoms with van der Waals surface area (Å²) in [5.74, 6) is 0.603. The molecular weight excluding hydrogens is 317 g/mol. The Kier molecular flexibility index (Phi) is 4.67. The standard InChI is InChI=1S/C14H11Cl2NO4/c1-8(18)9-2-4-11(5-3-9)21-14-12(15)6-10(17(19)20)7-13(14)16/h2-8,18H,1H3. The zero-order valence-electron chi connectivity index (χ0n) is 10.9. The molecule has 0 radical (unpaired) electrons. The molecule has 1 N–H and O–H groups in total. The normalized spacial score (nSPS) is 12.0. The van der Waals surface area contributed by atoms with Crippen LogP contribution in [0, 0.1) is 10.1 Å². The van der Waals surface area contributed by atoms with Gasteiger partial charge in [-0.2, -0.15) is 0 Å². The minimum absolute atomic E-state index is 0.0498. The molecule has 0 saturated heterocycles. The summed E-state index contributed by atoms with van der Waals surface area (Å²) in [6.07, 6.45) is -0.578. The Morgan fingerprint density at radius 3 is 2.14 bits per heavy atom. The van der Waals surface area contributed by atoms with Gasteiger partial charge in [-0.15, -0.1) is 0 Å². The van der Waals surface area contributed by atoms with Crippen LogP contribution in [0.25, 0.3) is 0 Å². The maximum Gasteiger partial charge on any atom is 0.272 e. The van der Waals surface area contributed by atoms with Crippen molar-refractivity contribution >= 4 is 28.9 Å². The minimum Gasteiger partial charge on any atom is -0.454 e. The first-order valence-corrected chi connectivity index (χ1v) is 6.73. The molecule has 21 heavy (non-hydrogen) atoms. The summed E-state index contributed by atoms with van der Waals surface area (Å²) in [5, 5.41) is 20.2. The molecule has 0 saturated carbocycles. The average Bonchev–Trinajstić information content (AvgIpc) is 2.43. The maximum atomic E-state index is 10.7. The lowest BCUT2D eigenvalue weighted by atomic mass is 10.1. The van der Waals surface area contributed by atoms with Gasteiger partial charge in [0.25, 0.3) is 5.69 Å². The summed E-state index contributed by atoms with van der Waals surface area (Å²) >= 11 is 11.9. The second kappa shape index (κ2) is 6.30. The topological polar surface area (TPSA) is 72.6 Å². The fraction of sp³-hybridized carbons (Fsp3) is 0.143. The highest BCUT2D eigenvalue weighted by Gasteiger charge is 2.16. The number of nitro benzene ring substituents is 1. The molecule has 0 fully saturated rings. The third-order valence-electron chi connectivity index (χ3n) is 2.78. The van der Waals surface area contributed by atoms with E-state index in [1.807, 2.05) is 0 Å². The van der Waals surface area contributed by atoms with E-state index in [9.17, 15) is 15.2 Å². The van der Waals surface area contributed by atoms with Crippen LogP contribution in [0.5, 0.6) is 11.5 Å². The lowest BCUT2D eigenvalue weighted by Crippen LogP contribution is -1.93. The smallest absolute Gasteiger partial charge is 0.272 e. The first-order chi connectivity index (χ1) is 9.88. The molecular formula is C14H11Cl2NO4. The Bertz CT molecular complexity index is 648. The van der Waals surface area contributed by atoms with Gasteiger partial charge < -0.3 is 9.84 Å². The summed E-state index contributed by atoms with van der Waals surface area (Å²) in [7, 11) is 0. The van der Waals surface area contributed by atoms with Crippen molar-refractivity contribution in [3.8, 4) is 11.5 Å². The van der Waals surface area contributed by atoms with Crippen molar-refractivity contribution in [2.75, 3.05) is 0 Å². The van der Waals surface area contributed by atoms with Crippen molar-refractivity contribution in [1.82, 2.24) is 0 Å². The minimum atomic E-state index is -0.584. The number of nitro groups is 1. The van der Waals surface area contributed by atoms with Crippen LogP contribution in [0.3, 0.4) is 0 Å². The highest BCUT2D eigenvalue weighted by Crippen LogP contribution is 2.39. The number of aliphatic hydroxyl groups is 1. The van der Waals surface area contributed by atoms with E-state index in [1.54, 1.807) is 31.2 Å². The number of hydrogen-bond acceptors (Lipinski definition) is 4. The molecule has 0 heterocycles. The van der Waals surface area contributed by atoms with Crippen molar-refractivity contribution in [2.24, 2.45) is 0 Å². The van der Waals surface area contributed by atoms with Crippen LogP contribution in [0.4, 0.5) is 5.69 Å². The fourth-order valence-corrected chi connectivity index (χ4v) is 2.23. The van der Waals surface area contributed by atoms with Crippen molar-refractivity contribution in [3.63, 3.8) is 0 Å². The molecule has 2 rings (SSSR count). The summed E-state index contributed by atoms with van der Waals surface area (Å²) < 4.78 is 5.54. The highest BCUT2D eigenvalue weighted by atomic mass is 35.5. The third-order valence-corrected chi connectivity index (χ3v) is 3.34. The van der Waals surface area contributed by atoms with Crippen LogP contribution in [-0.2, 0) is 0 Å². The molecule has 0 aliphatic rings. The van der Waals surface area contributed by atoms with Gasteiger partial charge >= 0.3 is 0 Å². The number of hydrogen-bond donors (Lipinski definition) is 1. The van der Waals surface area contributed by atoms with Crippen LogP contribution < -0.4 is 4.74 Å². The molecule has 0 aliphatic heterocycles. The highest BCUT2D eigenvalue weighted by molar-refractivity contribution is 6.37.